The van der Waals surface area contributed by atoms with E-state index in [4.69, 9.17) is 15.2 Å². The molecule has 0 saturated heterocycles. The molecule has 1 aromatic heterocycles. The Hall–Kier alpha value is -2.79. The van der Waals surface area contributed by atoms with E-state index in [1.165, 1.54) is 0 Å². The first-order valence-corrected chi connectivity index (χ1v) is 7.91. The molecule has 0 amide bonds. The zero-order valence-electron chi connectivity index (χ0n) is 13.9. The maximum absolute atomic E-state index is 5.78. The average Bonchev–Trinajstić information content (AvgIpc) is 3.07. The minimum Gasteiger partial charge on any atom is -0.497 e. The van der Waals surface area contributed by atoms with Crippen molar-refractivity contribution >= 4 is 0 Å². The van der Waals surface area contributed by atoms with Crippen LogP contribution in [0.4, 0.5) is 0 Å². The van der Waals surface area contributed by atoms with Crippen LogP contribution < -0.4 is 15.2 Å². The highest BCUT2D eigenvalue weighted by Gasteiger charge is 2.11. The maximum atomic E-state index is 5.78. The third-order valence-corrected chi connectivity index (χ3v) is 3.75. The van der Waals surface area contributed by atoms with Crippen LogP contribution in [-0.2, 0) is 6.54 Å². The summed E-state index contributed by atoms with van der Waals surface area (Å²) in [7, 11) is 1.65. The van der Waals surface area contributed by atoms with E-state index in [0.717, 1.165) is 34.1 Å². The van der Waals surface area contributed by atoms with E-state index >= 15 is 0 Å². The number of methoxy groups -OCH3 is 1. The molecule has 0 unspecified atom stereocenters. The summed E-state index contributed by atoms with van der Waals surface area (Å²) in [5, 5.41) is 4.61. The predicted octanol–water partition coefficient (Wildman–Crippen LogP) is 3.41. The van der Waals surface area contributed by atoms with Gasteiger partial charge in [-0.15, -0.1) is 0 Å². The smallest absolute Gasteiger partial charge is 0.119 e. The van der Waals surface area contributed by atoms with E-state index in [0.29, 0.717) is 13.2 Å². The minimum absolute atomic E-state index is 0.396. The largest absolute Gasteiger partial charge is 0.497 e. The molecule has 0 aliphatic heterocycles. The zero-order chi connectivity index (χ0) is 16.9. The lowest BCUT2D eigenvalue weighted by Gasteiger charge is -2.09. The Morgan fingerprint density at radius 2 is 1.67 bits per heavy atom. The molecule has 3 rings (SSSR count). The number of hydrogen-bond acceptors (Lipinski definition) is 4. The van der Waals surface area contributed by atoms with Gasteiger partial charge in [-0.1, -0.05) is 0 Å². The molecule has 5 heteroatoms. The van der Waals surface area contributed by atoms with Crippen LogP contribution >= 0.6 is 0 Å². The van der Waals surface area contributed by atoms with Crippen LogP contribution in [0.25, 0.3) is 16.9 Å². The molecule has 0 bridgehead atoms. The summed E-state index contributed by atoms with van der Waals surface area (Å²) in [6.07, 6.45) is 0. The summed E-state index contributed by atoms with van der Waals surface area (Å²) in [5.74, 6) is 1.67. The number of nitrogens with zero attached hydrogens (tertiary/aromatic N) is 2. The first-order valence-electron chi connectivity index (χ1n) is 7.91. The van der Waals surface area contributed by atoms with Crippen molar-refractivity contribution < 1.29 is 9.47 Å². The first-order chi connectivity index (χ1) is 11.7. The van der Waals surface area contributed by atoms with Crippen LogP contribution in [0, 0.1) is 0 Å². The lowest BCUT2D eigenvalue weighted by molar-refractivity contribution is 0.340. The van der Waals surface area contributed by atoms with Crippen molar-refractivity contribution in [3.63, 3.8) is 0 Å². The molecule has 1 heterocycles. The molecule has 0 aliphatic rings. The number of rotatable bonds is 6. The molecule has 2 N–H and O–H groups in total. The highest BCUT2D eigenvalue weighted by atomic mass is 16.5. The Balaban J connectivity index is 2.01. The van der Waals surface area contributed by atoms with Crippen LogP contribution in [0.1, 0.15) is 12.6 Å². The second-order valence-electron chi connectivity index (χ2n) is 5.29. The van der Waals surface area contributed by atoms with E-state index in [2.05, 4.69) is 5.10 Å². The van der Waals surface area contributed by atoms with E-state index in [-0.39, 0.29) is 0 Å². The molecule has 5 nitrogen and oxygen atoms in total. The third kappa shape index (κ3) is 3.26. The van der Waals surface area contributed by atoms with Crippen LogP contribution in [0.2, 0.25) is 0 Å². The fraction of sp³-hybridized carbons (Fsp3) is 0.211. The predicted molar refractivity (Wildman–Crippen MR) is 94.6 cm³/mol. The Labute approximate surface area is 141 Å². The van der Waals surface area contributed by atoms with Gasteiger partial charge >= 0.3 is 0 Å². The number of nitrogens with two attached hydrogens (primary N) is 1. The van der Waals surface area contributed by atoms with Crippen molar-refractivity contribution in [3.8, 4) is 28.4 Å². The third-order valence-electron chi connectivity index (χ3n) is 3.75. The van der Waals surface area contributed by atoms with E-state index in [9.17, 15) is 0 Å². The first kappa shape index (κ1) is 16.1. The molecule has 0 fully saturated rings. The summed E-state index contributed by atoms with van der Waals surface area (Å²) < 4.78 is 12.6. The monoisotopic (exact) mass is 323 g/mol. The van der Waals surface area contributed by atoms with Gasteiger partial charge in [-0.3, -0.25) is 0 Å². The molecule has 0 aliphatic carbocycles. The van der Waals surface area contributed by atoms with E-state index in [1.807, 2.05) is 66.2 Å². The molecule has 0 saturated carbocycles. The van der Waals surface area contributed by atoms with Gasteiger partial charge < -0.3 is 15.2 Å². The quantitative estimate of drug-likeness (QED) is 0.755. The number of benzene rings is 2. The zero-order valence-corrected chi connectivity index (χ0v) is 13.9. The molecule has 24 heavy (non-hydrogen) atoms. The van der Waals surface area contributed by atoms with Gasteiger partial charge in [0, 0.05) is 12.1 Å². The topological polar surface area (TPSA) is 62.3 Å². The Morgan fingerprint density at radius 1 is 1.00 bits per heavy atom. The summed E-state index contributed by atoms with van der Waals surface area (Å²) >= 11 is 0. The van der Waals surface area contributed by atoms with Crippen molar-refractivity contribution in [1.82, 2.24) is 9.78 Å². The van der Waals surface area contributed by atoms with Crippen LogP contribution in [0.15, 0.2) is 54.6 Å². The van der Waals surface area contributed by atoms with Gasteiger partial charge in [-0.2, -0.15) is 5.10 Å². The second-order valence-corrected chi connectivity index (χ2v) is 5.29. The van der Waals surface area contributed by atoms with Gasteiger partial charge in [0.15, 0.2) is 0 Å². The lowest BCUT2D eigenvalue weighted by atomic mass is 10.1. The second kappa shape index (κ2) is 7.19. The normalized spacial score (nSPS) is 10.6. The Kier molecular flexibility index (Phi) is 4.82. The Morgan fingerprint density at radius 3 is 2.25 bits per heavy atom. The maximum Gasteiger partial charge on any atom is 0.119 e. The molecule has 0 spiro atoms. The summed E-state index contributed by atoms with van der Waals surface area (Å²) in [6.45, 7) is 3.02. The van der Waals surface area contributed by atoms with Gasteiger partial charge in [0.05, 0.1) is 30.8 Å². The number of aromatic nitrogens is 2. The molecular formula is C19H21N3O2. The van der Waals surface area contributed by atoms with Gasteiger partial charge in [0.1, 0.15) is 11.5 Å². The highest BCUT2D eigenvalue weighted by Crippen LogP contribution is 2.27. The SMILES string of the molecule is CCOc1ccc(-c2cc(CN)nn2-c2ccc(OC)cc2)cc1. The van der Waals surface area contributed by atoms with Gasteiger partial charge in [-0.05, 0) is 61.5 Å². The fourth-order valence-electron chi connectivity index (χ4n) is 2.54. The Bertz CT molecular complexity index is 792. The van der Waals surface area contributed by atoms with E-state index < -0.39 is 0 Å². The standard InChI is InChI=1S/C19H21N3O2/c1-3-24-18-8-4-14(5-9-18)19-12-15(13-20)21-22(19)16-6-10-17(23-2)11-7-16/h4-12H,3,13,20H2,1-2H3. The van der Waals surface area contributed by atoms with Crippen molar-refractivity contribution in [2.75, 3.05) is 13.7 Å². The van der Waals surface area contributed by atoms with Crippen LogP contribution in [0.5, 0.6) is 11.5 Å². The lowest BCUT2D eigenvalue weighted by Crippen LogP contribution is -2.02. The van der Waals surface area contributed by atoms with Gasteiger partial charge in [0.2, 0.25) is 0 Å². The molecule has 2 aromatic carbocycles. The van der Waals surface area contributed by atoms with Crippen LogP contribution in [-0.4, -0.2) is 23.5 Å². The van der Waals surface area contributed by atoms with Crippen molar-refractivity contribution in [3.05, 3.63) is 60.3 Å². The number of ether oxygens (including phenoxy) is 2. The van der Waals surface area contributed by atoms with Crippen molar-refractivity contribution in [2.45, 2.75) is 13.5 Å². The average molecular weight is 323 g/mol. The summed E-state index contributed by atoms with van der Waals surface area (Å²) in [4.78, 5) is 0. The summed E-state index contributed by atoms with van der Waals surface area (Å²) in [6, 6.07) is 17.8. The fourth-order valence-corrected chi connectivity index (χ4v) is 2.54. The molecule has 0 atom stereocenters. The summed E-state index contributed by atoms with van der Waals surface area (Å²) in [5.41, 5.74) is 9.63. The number of hydrogen-bond donors (Lipinski definition) is 1. The van der Waals surface area contributed by atoms with Crippen LogP contribution in [0.3, 0.4) is 0 Å². The molecule has 124 valence electrons. The van der Waals surface area contributed by atoms with Crippen molar-refractivity contribution in [1.29, 1.82) is 0 Å². The minimum atomic E-state index is 0.396. The van der Waals surface area contributed by atoms with Gasteiger partial charge in [0.25, 0.3) is 0 Å². The molecular weight excluding hydrogens is 302 g/mol. The van der Waals surface area contributed by atoms with E-state index in [1.54, 1.807) is 7.11 Å². The molecule has 3 aromatic rings. The van der Waals surface area contributed by atoms with Gasteiger partial charge in [-0.25, -0.2) is 4.68 Å². The molecule has 0 radical (unpaired) electrons. The van der Waals surface area contributed by atoms with Crippen molar-refractivity contribution in [2.24, 2.45) is 5.73 Å². The highest BCUT2D eigenvalue weighted by molar-refractivity contribution is 5.63.